The van der Waals surface area contributed by atoms with Crippen LogP contribution in [0.4, 0.5) is 0 Å². The number of methoxy groups -OCH3 is 1. The maximum absolute atomic E-state index is 11.6. The number of Topliss-reactive ketones (excluding diaryl/α,β-unsaturated/α-hetero) is 1. The maximum atomic E-state index is 11.6. The highest BCUT2D eigenvalue weighted by Crippen LogP contribution is 2.24. The van der Waals surface area contributed by atoms with Crippen molar-refractivity contribution in [2.75, 3.05) is 7.11 Å². The first-order valence-electron chi connectivity index (χ1n) is 14.4. The molecule has 0 N–H and O–H groups in total. The van der Waals surface area contributed by atoms with Crippen LogP contribution in [0.3, 0.4) is 0 Å². The van der Waals surface area contributed by atoms with E-state index in [1.165, 1.54) is 32.1 Å². The second-order valence-electron chi connectivity index (χ2n) is 9.60. The van der Waals surface area contributed by atoms with Gasteiger partial charge in [-0.15, -0.1) is 6.58 Å². The Morgan fingerprint density at radius 2 is 1.70 bits per heavy atom. The zero-order valence-corrected chi connectivity index (χ0v) is 25.5. The third-order valence-electron chi connectivity index (χ3n) is 6.23. The third-order valence-corrected chi connectivity index (χ3v) is 6.23. The van der Waals surface area contributed by atoms with E-state index >= 15 is 0 Å². The van der Waals surface area contributed by atoms with E-state index in [4.69, 9.17) is 4.74 Å². The lowest BCUT2D eigenvalue weighted by atomic mass is 9.96. The van der Waals surface area contributed by atoms with E-state index in [9.17, 15) is 4.79 Å². The molecule has 1 atom stereocenters. The Hall–Kier alpha value is -3.73. The number of aromatic nitrogens is 2. The van der Waals surface area contributed by atoms with Gasteiger partial charge < -0.3 is 9.30 Å². The number of hydrogen-bond donors (Lipinski definition) is 0. The molecule has 1 unspecified atom stereocenters. The van der Waals surface area contributed by atoms with E-state index < -0.39 is 0 Å². The number of unbranched alkanes of at least 4 members (excludes halogenated alkanes) is 2. The van der Waals surface area contributed by atoms with Gasteiger partial charge in [-0.3, -0.25) is 9.79 Å². The lowest BCUT2D eigenvalue weighted by molar-refractivity contribution is -0.116. The van der Waals surface area contributed by atoms with E-state index in [0.717, 1.165) is 40.6 Å². The van der Waals surface area contributed by atoms with Crippen LogP contribution in [0.1, 0.15) is 79.0 Å². The Balaban J connectivity index is 0.000000400. The van der Waals surface area contributed by atoms with Crippen LogP contribution in [0, 0.1) is 5.92 Å². The van der Waals surface area contributed by atoms with Crippen molar-refractivity contribution < 1.29 is 9.53 Å². The molecule has 0 radical (unpaired) electrons. The molecular formula is C35H49N3O2. The fourth-order valence-corrected chi connectivity index (χ4v) is 3.82. The van der Waals surface area contributed by atoms with Crippen LogP contribution in [-0.4, -0.2) is 28.7 Å². The summed E-state index contributed by atoms with van der Waals surface area (Å²) in [6.07, 6.45) is 13.3. The van der Waals surface area contributed by atoms with Crippen LogP contribution in [0.2, 0.25) is 0 Å². The fraction of sp³-hybridized carbons (Fsp3) is 0.400. The molecule has 1 heterocycles. The molecule has 5 nitrogen and oxygen atoms in total. The molecule has 0 bridgehead atoms. The SMILES string of the molecule is C=CCC(CCCC)C(=C)N=CC.CCCC.COc1ccc(-c2cn(-c3ccccc3)c(CC(C)=O)n2)cc1. The van der Waals surface area contributed by atoms with Crippen molar-refractivity contribution in [1.82, 2.24) is 9.55 Å². The lowest BCUT2D eigenvalue weighted by Gasteiger charge is -2.13. The molecule has 5 heteroatoms. The maximum Gasteiger partial charge on any atom is 0.137 e. The summed E-state index contributed by atoms with van der Waals surface area (Å²) >= 11 is 0. The Labute approximate surface area is 242 Å². The van der Waals surface area contributed by atoms with Gasteiger partial charge in [-0.1, -0.05) is 77.3 Å². The van der Waals surface area contributed by atoms with Crippen LogP contribution < -0.4 is 4.74 Å². The minimum Gasteiger partial charge on any atom is -0.497 e. The van der Waals surface area contributed by atoms with Gasteiger partial charge >= 0.3 is 0 Å². The van der Waals surface area contributed by atoms with E-state index in [2.05, 4.69) is 43.9 Å². The van der Waals surface area contributed by atoms with E-state index in [1.807, 2.05) is 84.6 Å². The summed E-state index contributed by atoms with van der Waals surface area (Å²) in [6.45, 7) is 17.8. The average Bonchev–Trinajstić information content (AvgIpc) is 3.39. The number of hydrogen-bond acceptors (Lipinski definition) is 4. The summed E-state index contributed by atoms with van der Waals surface area (Å²) in [5, 5.41) is 0. The molecule has 0 saturated carbocycles. The number of aliphatic imine (C=N–C) groups is 1. The minimum absolute atomic E-state index is 0.0917. The summed E-state index contributed by atoms with van der Waals surface area (Å²) in [6, 6.07) is 17.7. The molecule has 3 aromatic rings. The number of carbonyl (C=O) groups excluding carboxylic acids is 1. The number of nitrogens with zero attached hydrogens (tertiary/aromatic N) is 3. The highest BCUT2D eigenvalue weighted by Gasteiger charge is 2.13. The standard InChI is InChI=1S/C19H18N2O2.C12H21N.C4H10/c1-14(22)12-19-20-18(15-8-10-17(23-2)11-9-15)13-21(19)16-6-4-3-5-7-16;1-5-8-10-12(9-6-2)11(4)13-7-3;1-3-4-2/h3-11,13H,12H2,1-2H3;6-7,12H,2,4-5,8-10H2,1,3H3;3-4H2,1-2H3. The first-order valence-corrected chi connectivity index (χ1v) is 14.4. The van der Waals surface area contributed by atoms with Gasteiger partial charge in [0.15, 0.2) is 0 Å². The molecule has 0 aliphatic carbocycles. The third kappa shape index (κ3) is 12.4. The summed E-state index contributed by atoms with van der Waals surface area (Å²) in [7, 11) is 1.64. The van der Waals surface area contributed by atoms with Crippen LogP contribution >= 0.6 is 0 Å². The quantitative estimate of drug-likeness (QED) is 0.159. The number of imidazole rings is 1. The van der Waals surface area contributed by atoms with Gasteiger partial charge in [0.05, 0.1) is 19.2 Å². The summed E-state index contributed by atoms with van der Waals surface area (Å²) in [5.74, 6) is 2.14. The number of ketones is 1. The largest absolute Gasteiger partial charge is 0.497 e. The summed E-state index contributed by atoms with van der Waals surface area (Å²) in [5.41, 5.74) is 3.82. The van der Waals surface area contributed by atoms with E-state index in [1.54, 1.807) is 14.0 Å². The Bertz CT molecular complexity index is 1160. The molecule has 0 fully saturated rings. The van der Waals surface area contributed by atoms with Gasteiger partial charge in [0, 0.05) is 35.3 Å². The van der Waals surface area contributed by atoms with Crippen LogP contribution in [0.5, 0.6) is 5.75 Å². The van der Waals surface area contributed by atoms with Crippen molar-refractivity contribution in [2.24, 2.45) is 10.9 Å². The molecule has 2 aromatic carbocycles. The summed E-state index contributed by atoms with van der Waals surface area (Å²) in [4.78, 5) is 20.4. The zero-order chi connectivity index (χ0) is 29.8. The molecule has 0 spiro atoms. The van der Waals surface area contributed by atoms with Crippen molar-refractivity contribution in [2.45, 2.75) is 79.6 Å². The number of rotatable bonds is 13. The number of ether oxygens (including phenoxy) is 1. The fourth-order valence-electron chi connectivity index (χ4n) is 3.82. The number of para-hydroxylation sites is 1. The van der Waals surface area contributed by atoms with Crippen molar-refractivity contribution in [1.29, 1.82) is 0 Å². The minimum atomic E-state index is 0.0917. The zero-order valence-electron chi connectivity index (χ0n) is 25.5. The Kier molecular flexibility index (Phi) is 17.3. The Morgan fingerprint density at radius 1 is 1.05 bits per heavy atom. The normalized spacial score (nSPS) is 11.1. The van der Waals surface area contributed by atoms with Gasteiger partial charge in [0.2, 0.25) is 0 Å². The topological polar surface area (TPSA) is 56.5 Å². The molecule has 0 aliphatic heterocycles. The highest BCUT2D eigenvalue weighted by atomic mass is 16.5. The Morgan fingerprint density at radius 3 is 2.20 bits per heavy atom. The molecule has 3 rings (SSSR count). The van der Waals surface area contributed by atoms with Crippen molar-refractivity contribution in [3.8, 4) is 22.7 Å². The van der Waals surface area contributed by atoms with Crippen LogP contribution in [-0.2, 0) is 11.2 Å². The van der Waals surface area contributed by atoms with Crippen molar-refractivity contribution >= 4 is 12.0 Å². The molecule has 216 valence electrons. The van der Waals surface area contributed by atoms with Gasteiger partial charge in [0.25, 0.3) is 0 Å². The number of carbonyl (C=O) groups is 1. The average molecular weight is 544 g/mol. The van der Waals surface area contributed by atoms with Gasteiger partial charge in [-0.05, 0) is 63.1 Å². The first-order chi connectivity index (χ1) is 19.3. The predicted molar refractivity (Wildman–Crippen MR) is 172 cm³/mol. The second-order valence-corrected chi connectivity index (χ2v) is 9.60. The van der Waals surface area contributed by atoms with Crippen molar-refractivity contribution in [3.05, 3.63) is 91.5 Å². The van der Waals surface area contributed by atoms with Gasteiger partial charge in [-0.2, -0.15) is 0 Å². The lowest BCUT2D eigenvalue weighted by Crippen LogP contribution is -2.05. The van der Waals surface area contributed by atoms with Gasteiger partial charge in [0.1, 0.15) is 17.4 Å². The molecule has 40 heavy (non-hydrogen) atoms. The monoisotopic (exact) mass is 543 g/mol. The smallest absolute Gasteiger partial charge is 0.137 e. The van der Waals surface area contributed by atoms with Crippen LogP contribution in [0.25, 0.3) is 16.9 Å². The molecular weight excluding hydrogens is 494 g/mol. The molecule has 1 aromatic heterocycles. The predicted octanol–water partition coefficient (Wildman–Crippen LogP) is 9.46. The second kappa shape index (κ2) is 20.2. The molecule has 0 amide bonds. The number of benzene rings is 2. The summed E-state index contributed by atoms with van der Waals surface area (Å²) < 4.78 is 7.16. The highest BCUT2D eigenvalue weighted by molar-refractivity contribution is 5.78. The molecule has 0 saturated heterocycles. The van der Waals surface area contributed by atoms with Crippen LogP contribution in [0.15, 0.2) is 90.7 Å². The first kappa shape index (κ1) is 34.3. The van der Waals surface area contributed by atoms with Crippen molar-refractivity contribution in [3.63, 3.8) is 0 Å². The molecule has 0 aliphatic rings. The van der Waals surface area contributed by atoms with E-state index in [0.29, 0.717) is 12.3 Å². The number of allylic oxidation sites excluding steroid dienone is 2. The van der Waals surface area contributed by atoms with E-state index in [-0.39, 0.29) is 5.78 Å². The van der Waals surface area contributed by atoms with Gasteiger partial charge in [-0.25, -0.2) is 4.98 Å².